The van der Waals surface area contributed by atoms with Gasteiger partial charge in [-0.1, -0.05) is 54.6 Å². The zero-order chi connectivity index (χ0) is 25.2. The second-order valence-electron chi connectivity index (χ2n) is 9.19. The minimum atomic E-state index is -0.242. The van der Waals surface area contributed by atoms with Crippen LogP contribution in [0.5, 0.6) is 5.75 Å². The average molecular weight is 484 g/mol. The van der Waals surface area contributed by atoms with Gasteiger partial charge in [-0.15, -0.1) is 0 Å². The van der Waals surface area contributed by atoms with E-state index in [1.54, 1.807) is 48.5 Å². The Morgan fingerprint density at radius 3 is 1.97 bits per heavy atom. The van der Waals surface area contributed by atoms with Gasteiger partial charge in [-0.3, -0.25) is 4.79 Å². The topological polar surface area (TPSA) is 77.0 Å². The van der Waals surface area contributed by atoms with Crippen molar-refractivity contribution in [3.63, 3.8) is 0 Å². The number of benzene rings is 6. The van der Waals surface area contributed by atoms with E-state index in [2.05, 4.69) is 64.8 Å². The van der Waals surface area contributed by atoms with Crippen LogP contribution in [0.15, 0.2) is 113 Å². The van der Waals surface area contributed by atoms with Gasteiger partial charge in [-0.2, -0.15) is 10.2 Å². The molecule has 0 aliphatic carbocycles. The molecule has 37 heavy (non-hydrogen) atoms. The van der Waals surface area contributed by atoms with Crippen molar-refractivity contribution >= 4 is 55.3 Å². The second kappa shape index (κ2) is 9.70. The van der Waals surface area contributed by atoms with Crippen molar-refractivity contribution in [3.8, 4) is 5.75 Å². The Hall–Kier alpha value is -4.77. The SMILES string of the molecule is Nc1ccc(N=Nc2ccc(OC(=O)CCCc3ccc4ccc5cccc6ccc3c4c56)cc2)cc1. The first-order chi connectivity index (χ1) is 18.1. The number of nitrogen functional groups attached to an aromatic ring is 1. The molecule has 0 heterocycles. The number of nitrogens with two attached hydrogens (primary N) is 1. The molecule has 6 aromatic carbocycles. The molecule has 0 aliphatic rings. The van der Waals surface area contributed by atoms with Gasteiger partial charge >= 0.3 is 5.97 Å². The molecule has 180 valence electrons. The van der Waals surface area contributed by atoms with E-state index in [0.29, 0.717) is 23.5 Å². The molecular formula is C32H25N3O2. The average Bonchev–Trinajstić information content (AvgIpc) is 2.93. The molecule has 2 N–H and O–H groups in total. The molecule has 0 saturated heterocycles. The third-order valence-corrected chi connectivity index (χ3v) is 6.69. The van der Waals surface area contributed by atoms with Crippen molar-refractivity contribution in [2.24, 2.45) is 10.2 Å². The lowest BCUT2D eigenvalue weighted by Gasteiger charge is -2.13. The van der Waals surface area contributed by atoms with Crippen molar-refractivity contribution in [2.45, 2.75) is 19.3 Å². The van der Waals surface area contributed by atoms with Crippen molar-refractivity contribution in [1.82, 2.24) is 0 Å². The Morgan fingerprint density at radius 2 is 1.27 bits per heavy atom. The maximum Gasteiger partial charge on any atom is 0.311 e. The van der Waals surface area contributed by atoms with Gasteiger partial charge in [0.25, 0.3) is 0 Å². The largest absolute Gasteiger partial charge is 0.427 e. The summed E-state index contributed by atoms with van der Waals surface area (Å²) in [4.78, 5) is 12.5. The first-order valence-electron chi connectivity index (χ1n) is 12.4. The van der Waals surface area contributed by atoms with Gasteiger partial charge in [0.15, 0.2) is 0 Å². The van der Waals surface area contributed by atoms with Crippen molar-refractivity contribution < 1.29 is 9.53 Å². The zero-order valence-corrected chi connectivity index (χ0v) is 20.2. The van der Waals surface area contributed by atoms with Crippen molar-refractivity contribution in [2.75, 3.05) is 5.73 Å². The first-order valence-corrected chi connectivity index (χ1v) is 12.4. The number of esters is 1. The van der Waals surface area contributed by atoms with Crippen LogP contribution < -0.4 is 10.5 Å². The molecule has 0 unspecified atom stereocenters. The Morgan fingerprint density at radius 1 is 0.676 bits per heavy atom. The summed E-state index contributed by atoms with van der Waals surface area (Å²) in [5.41, 5.74) is 9.02. The van der Waals surface area contributed by atoms with E-state index < -0.39 is 0 Å². The zero-order valence-electron chi connectivity index (χ0n) is 20.2. The predicted molar refractivity (Wildman–Crippen MR) is 150 cm³/mol. The van der Waals surface area contributed by atoms with Gasteiger partial charge in [0.05, 0.1) is 11.4 Å². The number of carbonyl (C=O) groups excluding carboxylic acids is 1. The highest BCUT2D eigenvalue weighted by molar-refractivity contribution is 6.23. The van der Waals surface area contributed by atoms with E-state index in [-0.39, 0.29) is 5.97 Å². The summed E-state index contributed by atoms with van der Waals surface area (Å²) < 4.78 is 5.54. The van der Waals surface area contributed by atoms with Crippen LogP contribution in [0.25, 0.3) is 32.3 Å². The molecule has 0 saturated carbocycles. The van der Waals surface area contributed by atoms with Crippen LogP contribution in [0.2, 0.25) is 0 Å². The molecular weight excluding hydrogens is 458 g/mol. The molecule has 0 spiro atoms. The van der Waals surface area contributed by atoms with Crippen LogP contribution in [0, 0.1) is 0 Å². The minimum Gasteiger partial charge on any atom is -0.427 e. The van der Waals surface area contributed by atoms with Crippen LogP contribution in [0.4, 0.5) is 17.1 Å². The highest BCUT2D eigenvalue weighted by Gasteiger charge is 2.12. The molecule has 0 aliphatic heterocycles. The highest BCUT2D eigenvalue weighted by atomic mass is 16.5. The summed E-state index contributed by atoms with van der Waals surface area (Å²) in [6.45, 7) is 0. The van der Waals surface area contributed by atoms with Crippen LogP contribution in [-0.2, 0) is 11.2 Å². The second-order valence-corrected chi connectivity index (χ2v) is 9.19. The number of nitrogens with zero attached hydrogens (tertiary/aromatic N) is 2. The molecule has 0 amide bonds. The molecule has 0 fully saturated rings. The fourth-order valence-corrected chi connectivity index (χ4v) is 4.86. The summed E-state index contributed by atoms with van der Waals surface area (Å²) in [7, 11) is 0. The number of anilines is 1. The van der Waals surface area contributed by atoms with Crippen molar-refractivity contribution in [1.29, 1.82) is 0 Å². The Labute approximate surface area is 214 Å². The summed E-state index contributed by atoms with van der Waals surface area (Å²) in [6.07, 6.45) is 1.88. The number of rotatable bonds is 7. The lowest BCUT2D eigenvalue weighted by atomic mass is 9.90. The molecule has 5 heteroatoms. The highest BCUT2D eigenvalue weighted by Crippen LogP contribution is 2.36. The Kier molecular flexibility index (Phi) is 5.95. The Bertz CT molecular complexity index is 1720. The van der Waals surface area contributed by atoms with Gasteiger partial charge < -0.3 is 10.5 Å². The first kappa shape index (κ1) is 22.7. The van der Waals surface area contributed by atoms with E-state index in [4.69, 9.17) is 10.5 Å². The number of hydrogen-bond acceptors (Lipinski definition) is 5. The fraction of sp³-hybridized carbons (Fsp3) is 0.0938. The summed E-state index contributed by atoms with van der Waals surface area (Å²) in [5.74, 6) is 0.258. The predicted octanol–water partition coefficient (Wildman–Crippen LogP) is 8.51. The van der Waals surface area contributed by atoms with E-state index in [9.17, 15) is 4.79 Å². The molecule has 5 nitrogen and oxygen atoms in total. The van der Waals surface area contributed by atoms with Gasteiger partial charge in [0.2, 0.25) is 0 Å². The normalized spacial score (nSPS) is 11.7. The maximum atomic E-state index is 12.5. The maximum absolute atomic E-state index is 12.5. The van der Waals surface area contributed by atoms with Crippen LogP contribution in [0.3, 0.4) is 0 Å². The smallest absolute Gasteiger partial charge is 0.311 e. The summed E-state index contributed by atoms with van der Waals surface area (Å²) in [5, 5.41) is 16.0. The fourth-order valence-electron chi connectivity index (χ4n) is 4.86. The lowest BCUT2D eigenvalue weighted by molar-refractivity contribution is -0.134. The molecule has 6 aromatic rings. The van der Waals surface area contributed by atoms with E-state index in [0.717, 1.165) is 18.5 Å². The lowest BCUT2D eigenvalue weighted by Crippen LogP contribution is -2.08. The quantitative estimate of drug-likeness (QED) is 0.0813. The molecule has 6 rings (SSSR count). The number of azo groups is 1. The summed E-state index contributed by atoms with van der Waals surface area (Å²) >= 11 is 0. The molecule has 0 atom stereocenters. The molecule has 0 radical (unpaired) electrons. The van der Waals surface area contributed by atoms with Gasteiger partial charge in [0.1, 0.15) is 5.75 Å². The number of ether oxygens (including phenoxy) is 1. The minimum absolute atomic E-state index is 0.242. The molecule has 0 bridgehead atoms. The number of aryl methyl sites for hydroxylation is 1. The van der Waals surface area contributed by atoms with E-state index in [1.165, 1.54) is 37.9 Å². The van der Waals surface area contributed by atoms with Crippen LogP contribution in [0.1, 0.15) is 18.4 Å². The Balaban J connectivity index is 1.08. The van der Waals surface area contributed by atoms with Crippen LogP contribution >= 0.6 is 0 Å². The third-order valence-electron chi connectivity index (χ3n) is 6.69. The van der Waals surface area contributed by atoms with E-state index in [1.807, 2.05) is 0 Å². The summed E-state index contributed by atoms with van der Waals surface area (Å²) in [6, 6.07) is 33.8. The third kappa shape index (κ3) is 4.71. The molecule has 0 aromatic heterocycles. The van der Waals surface area contributed by atoms with Gasteiger partial charge in [0, 0.05) is 12.1 Å². The van der Waals surface area contributed by atoms with Crippen molar-refractivity contribution in [3.05, 3.63) is 109 Å². The van der Waals surface area contributed by atoms with E-state index >= 15 is 0 Å². The van der Waals surface area contributed by atoms with Gasteiger partial charge in [-0.05, 0) is 99.3 Å². The van der Waals surface area contributed by atoms with Gasteiger partial charge in [-0.25, -0.2) is 0 Å². The number of hydrogen-bond donors (Lipinski definition) is 1. The van der Waals surface area contributed by atoms with Crippen LogP contribution in [-0.4, -0.2) is 5.97 Å². The standard InChI is InChI=1S/C32H25N3O2/c33-25-12-14-26(15-13-25)34-35-27-16-18-28(19-17-27)37-30(36)6-2-3-21-7-8-24-10-9-22-4-1-5-23-11-20-29(21)32(24)31(22)23/h1,4-5,7-20H,2-3,6,33H2. The number of carbonyl (C=O) groups is 1. The monoisotopic (exact) mass is 483 g/mol.